The van der Waals surface area contributed by atoms with Crippen LogP contribution in [0.1, 0.15) is 0 Å². The minimum absolute atomic E-state index is 0.0661. The molecule has 110 valence electrons. The topological polar surface area (TPSA) is 79.1 Å². The van der Waals surface area contributed by atoms with Crippen LogP contribution in [0, 0.1) is 0 Å². The summed E-state index contributed by atoms with van der Waals surface area (Å²) in [6.45, 7) is 3.21. The molecule has 0 aromatic rings. The second-order valence-corrected chi connectivity index (χ2v) is 4.85. The summed E-state index contributed by atoms with van der Waals surface area (Å²) in [5.74, 6) is 0.0140. The number of likely N-dealkylation sites (N-methyl/N-ethyl adjacent to an activating group) is 1. The first-order chi connectivity index (χ1) is 8.99. The number of carbonyl (C=O) groups excluding carboxylic acids is 2. The molecule has 7 heteroatoms. The average molecular weight is 272 g/mol. The average Bonchev–Trinajstić information content (AvgIpc) is 2.40. The van der Waals surface area contributed by atoms with Crippen LogP contribution in [0.2, 0.25) is 0 Å². The Bertz CT molecular complexity index is 310. The lowest BCUT2D eigenvalue weighted by molar-refractivity contribution is -0.143. The van der Waals surface area contributed by atoms with Gasteiger partial charge >= 0.3 is 0 Å². The maximum absolute atomic E-state index is 12.0. The van der Waals surface area contributed by atoms with Crippen molar-refractivity contribution in [3.05, 3.63) is 0 Å². The Hall–Kier alpha value is -1.18. The molecule has 1 unspecified atom stereocenters. The van der Waals surface area contributed by atoms with Gasteiger partial charge in [-0.25, -0.2) is 0 Å². The molecule has 0 bridgehead atoms. The zero-order valence-corrected chi connectivity index (χ0v) is 12.0. The molecule has 1 aliphatic rings. The predicted molar refractivity (Wildman–Crippen MR) is 71.6 cm³/mol. The van der Waals surface area contributed by atoms with Crippen LogP contribution in [0.15, 0.2) is 0 Å². The summed E-state index contributed by atoms with van der Waals surface area (Å²) in [5.41, 5.74) is 5.48. The standard InChI is InChI=1S/C12H24N4O3/c1-14(2)11(17)9-15-4-6-16(7-5-15)12(18)10(8-13)19-3/h10H,4-9,13H2,1-3H3. The van der Waals surface area contributed by atoms with Gasteiger partial charge in [-0.2, -0.15) is 0 Å². The second-order valence-electron chi connectivity index (χ2n) is 4.85. The van der Waals surface area contributed by atoms with E-state index in [1.54, 1.807) is 23.9 Å². The molecule has 0 aromatic carbocycles. The quantitative estimate of drug-likeness (QED) is 0.638. The van der Waals surface area contributed by atoms with Crippen LogP contribution < -0.4 is 5.73 Å². The fourth-order valence-corrected chi connectivity index (χ4v) is 1.96. The summed E-state index contributed by atoms with van der Waals surface area (Å²) < 4.78 is 5.05. The van der Waals surface area contributed by atoms with Crippen molar-refractivity contribution in [3.8, 4) is 0 Å². The van der Waals surface area contributed by atoms with Gasteiger partial charge in [-0.3, -0.25) is 14.5 Å². The molecule has 7 nitrogen and oxygen atoms in total. The highest BCUT2D eigenvalue weighted by Crippen LogP contribution is 2.05. The maximum atomic E-state index is 12.0. The molecule has 1 saturated heterocycles. The van der Waals surface area contributed by atoms with Gasteiger partial charge in [0.05, 0.1) is 6.54 Å². The van der Waals surface area contributed by atoms with Crippen molar-refractivity contribution in [2.24, 2.45) is 5.73 Å². The first-order valence-corrected chi connectivity index (χ1v) is 6.43. The first kappa shape index (κ1) is 15.9. The molecule has 0 aromatic heterocycles. The molecule has 1 fully saturated rings. The van der Waals surface area contributed by atoms with E-state index in [-0.39, 0.29) is 18.4 Å². The van der Waals surface area contributed by atoms with E-state index >= 15 is 0 Å². The number of rotatable bonds is 5. The third kappa shape index (κ3) is 4.45. The zero-order chi connectivity index (χ0) is 14.4. The van der Waals surface area contributed by atoms with Gasteiger partial charge in [0.1, 0.15) is 6.10 Å². The second kappa shape index (κ2) is 7.42. The Morgan fingerprint density at radius 3 is 2.26 bits per heavy atom. The number of hydrogen-bond acceptors (Lipinski definition) is 5. The van der Waals surface area contributed by atoms with Gasteiger partial charge < -0.3 is 20.3 Å². The number of ether oxygens (including phenoxy) is 1. The molecular formula is C12H24N4O3. The first-order valence-electron chi connectivity index (χ1n) is 6.43. The monoisotopic (exact) mass is 272 g/mol. The Morgan fingerprint density at radius 2 is 1.84 bits per heavy atom. The van der Waals surface area contributed by atoms with E-state index in [0.717, 1.165) is 0 Å². The number of nitrogens with two attached hydrogens (primary N) is 1. The highest BCUT2D eigenvalue weighted by molar-refractivity contribution is 5.81. The summed E-state index contributed by atoms with van der Waals surface area (Å²) in [6, 6.07) is 0. The van der Waals surface area contributed by atoms with Crippen molar-refractivity contribution in [2.75, 3.05) is 60.5 Å². The van der Waals surface area contributed by atoms with E-state index in [2.05, 4.69) is 4.90 Å². The molecule has 2 amide bonds. The highest BCUT2D eigenvalue weighted by atomic mass is 16.5. The summed E-state index contributed by atoms with van der Waals surface area (Å²) in [4.78, 5) is 29.0. The summed E-state index contributed by atoms with van der Waals surface area (Å²) in [6.07, 6.45) is -0.560. The van der Waals surface area contributed by atoms with Gasteiger partial charge in [-0.15, -0.1) is 0 Å². The van der Waals surface area contributed by atoms with Gasteiger partial charge in [0, 0.05) is 53.9 Å². The minimum Gasteiger partial charge on any atom is -0.370 e. The Morgan fingerprint density at radius 1 is 1.26 bits per heavy atom. The fourth-order valence-electron chi connectivity index (χ4n) is 1.96. The number of carbonyl (C=O) groups is 2. The minimum atomic E-state index is -0.560. The van der Waals surface area contributed by atoms with Crippen molar-refractivity contribution in [2.45, 2.75) is 6.10 Å². The summed E-state index contributed by atoms with van der Waals surface area (Å²) >= 11 is 0. The van der Waals surface area contributed by atoms with Crippen molar-refractivity contribution < 1.29 is 14.3 Å². The predicted octanol–water partition coefficient (Wildman–Crippen LogP) is -1.81. The van der Waals surface area contributed by atoms with Crippen molar-refractivity contribution in [1.29, 1.82) is 0 Å². The number of nitrogens with zero attached hydrogens (tertiary/aromatic N) is 3. The third-order valence-electron chi connectivity index (χ3n) is 3.32. The fraction of sp³-hybridized carbons (Fsp3) is 0.833. The van der Waals surface area contributed by atoms with E-state index in [1.165, 1.54) is 7.11 Å². The molecule has 0 saturated carbocycles. The number of methoxy groups -OCH3 is 1. The highest BCUT2D eigenvalue weighted by Gasteiger charge is 2.27. The van der Waals surface area contributed by atoms with E-state index in [0.29, 0.717) is 32.7 Å². The van der Waals surface area contributed by atoms with Gasteiger partial charge in [0.25, 0.3) is 5.91 Å². The molecule has 1 atom stereocenters. The SMILES string of the molecule is COC(CN)C(=O)N1CCN(CC(=O)N(C)C)CC1. The molecule has 19 heavy (non-hydrogen) atoms. The summed E-state index contributed by atoms with van der Waals surface area (Å²) in [7, 11) is 4.97. The Labute approximate surface area is 114 Å². The summed E-state index contributed by atoms with van der Waals surface area (Å²) in [5, 5.41) is 0. The molecular weight excluding hydrogens is 248 g/mol. The molecule has 0 aliphatic carbocycles. The number of hydrogen-bond donors (Lipinski definition) is 1. The lowest BCUT2D eigenvalue weighted by Gasteiger charge is -2.36. The van der Waals surface area contributed by atoms with Crippen molar-refractivity contribution >= 4 is 11.8 Å². The maximum Gasteiger partial charge on any atom is 0.253 e. The van der Waals surface area contributed by atoms with E-state index in [1.807, 2.05) is 0 Å². The van der Waals surface area contributed by atoms with Gasteiger partial charge in [-0.1, -0.05) is 0 Å². The Balaban J connectivity index is 2.40. The van der Waals surface area contributed by atoms with Gasteiger partial charge in [0.2, 0.25) is 5.91 Å². The van der Waals surface area contributed by atoms with Crippen LogP contribution in [0.25, 0.3) is 0 Å². The van der Waals surface area contributed by atoms with E-state index in [9.17, 15) is 9.59 Å². The third-order valence-corrected chi connectivity index (χ3v) is 3.32. The number of amides is 2. The lowest BCUT2D eigenvalue weighted by atomic mass is 10.2. The smallest absolute Gasteiger partial charge is 0.253 e. The number of piperazine rings is 1. The molecule has 1 aliphatic heterocycles. The zero-order valence-electron chi connectivity index (χ0n) is 12.0. The van der Waals surface area contributed by atoms with Crippen LogP contribution in [-0.2, 0) is 14.3 Å². The van der Waals surface area contributed by atoms with Gasteiger partial charge in [-0.05, 0) is 0 Å². The van der Waals surface area contributed by atoms with Crippen molar-refractivity contribution in [3.63, 3.8) is 0 Å². The van der Waals surface area contributed by atoms with Gasteiger partial charge in [0.15, 0.2) is 0 Å². The van der Waals surface area contributed by atoms with Crippen molar-refractivity contribution in [1.82, 2.24) is 14.7 Å². The van der Waals surface area contributed by atoms with Crippen LogP contribution in [-0.4, -0.2) is 93.1 Å². The van der Waals surface area contributed by atoms with E-state index < -0.39 is 6.10 Å². The molecule has 1 heterocycles. The molecule has 0 spiro atoms. The Kier molecular flexibility index (Phi) is 6.20. The normalized spacial score (nSPS) is 18.2. The van der Waals surface area contributed by atoms with Crippen LogP contribution in [0.3, 0.4) is 0 Å². The van der Waals surface area contributed by atoms with Crippen LogP contribution in [0.4, 0.5) is 0 Å². The lowest BCUT2D eigenvalue weighted by Crippen LogP contribution is -2.54. The van der Waals surface area contributed by atoms with Crippen LogP contribution >= 0.6 is 0 Å². The largest absolute Gasteiger partial charge is 0.370 e. The van der Waals surface area contributed by atoms with E-state index in [4.69, 9.17) is 10.5 Å². The molecule has 2 N–H and O–H groups in total. The molecule has 1 rings (SSSR count). The van der Waals surface area contributed by atoms with Crippen LogP contribution in [0.5, 0.6) is 0 Å². The molecule has 0 radical (unpaired) electrons.